The first-order valence-corrected chi connectivity index (χ1v) is 13.3. The number of anilines is 2. The van der Waals surface area contributed by atoms with Crippen molar-refractivity contribution in [3.63, 3.8) is 0 Å². The van der Waals surface area contributed by atoms with E-state index in [1.807, 2.05) is 6.07 Å². The Labute approximate surface area is 200 Å². The van der Waals surface area contributed by atoms with Crippen molar-refractivity contribution in [2.45, 2.75) is 69.9 Å². The lowest BCUT2D eigenvalue weighted by atomic mass is 9.89. The lowest BCUT2D eigenvalue weighted by Gasteiger charge is -2.30. The molecule has 3 N–H and O–H groups in total. The van der Waals surface area contributed by atoms with Gasteiger partial charge in [-0.3, -0.25) is 0 Å². The van der Waals surface area contributed by atoms with Gasteiger partial charge < -0.3 is 20.7 Å². The number of halogens is 1. The average Bonchev–Trinajstić information content (AvgIpc) is 3.30. The zero-order valence-corrected chi connectivity index (χ0v) is 20.6. The fourth-order valence-electron chi connectivity index (χ4n) is 4.83. The van der Waals surface area contributed by atoms with Crippen LogP contribution in [0.4, 0.5) is 10.9 Å². The van der Waals surface area contributed by atoms with Crippen LogP contribution in [0.1, 0.15) is 57.8 Å². The topological polar surface area (TPSA) is 71.1 Å². The maximum atomic E-state index is 6.50. The van der Waals surface area contributed by atoms with Crippen molar-refractivity contribution >= 4 is 33.9 Å². The third-order valence-corrected chi connectivity index (χ3v) is 7.82. The van der Waals surface area contributed by atoms with E-state index in [-0.39, 0.29) is 0 Å². The second-order valence-corrected chi connectivity index (χ2v) is 10.4. The van der Waals surface area contributed by atoms with Crippen LogP contribution in [0.3, 0.4) is 0 Å². The predicted octanol–water partition coefficient (Wildman–Crippen LogP) is 5.81. The second-order valence-electron chi connectivity index (χ2n) is 9.11. The quantitative estimate of drug-likeness (QED) is 0.375. The van der Waals surface area contributed by atoms with Crippen LogP contribution in [0.25, 0.3) is 11.3 Å². The number of aromatic nitrogens is 2. The van der Waals surface area contributed by atoms with Crippen molar-refractivity contribution in [2.75, 3.05) is 37.4 Å². The summed E-state index contributed by atoms with van der Waals surface area (Å²) in [4.78, 5) is 9.34. The van der Waals surface area contributed by atoms with Gasteiger partial charge in [-0.25, -0.2) is 9.97 Å². The highest BCUT2D eigenvalue weighted by molar-refractivity contribution is 7.14. The minimum absolute atomic E-state index is 0.445. The van der Waals surface area contributed by atoms with E-state index in [0.29, 0.717) is 17.1 Å². The van der Waals surface area contributed by atoms with E-state index in [2.05, 4.69) is 26.3 Å². The molecule has 2 aromatic rings. The Bertz CT molecular complexity index is 834. The lowest BCUT2D eigenvalue weighted by molar-refractivity contribution is 0.191. The monoisotopic (exact) mass is 477 g/mol. The van der Waals surface area contributed by atoms with Crippen molar-refractivity contribution in [1.29, 1.82) is 0 Å². The Kier molecular flexibility index (Phi) is 9.02. The molecule has 4 rings (SSSR count). The third kappa shape index (κ3) is 6.80. The summed E-state index contributed by atoms with van der Waals surface area (Å²) in [5.41, 5.74) is 1.86. The Morgan fingerprint density at radius 2 is 1.88 bits per heavy atom. The molecule has 176 valence electrons. The molecular weight excluding hydrogens is 442 g/mol. The largest absolute Gasteiger partial charge is 0.383 e. The van der Waals surface area contributed by atoms with Crippen molar-refractivity contribution in [3.05, 3.63) is 22.7 Å². The molecular formula is C24H36ClN5OS. The van der Waals surface area contributed by atoms with Gasteiger partial charge >= 0.3 is 0 Å². The minimum Gasteiger partial charge on any atom is -0.383 e. The molecule has 0 atom stereocenters. The van der Waals surface area contributed by atoms with Gasteiger partial charge in [0.15, 0.2) is 5.13 Å². The third-order valence-electron chi connectivity index (χ3n) is 6.72. The summed E-state index contributed by atoms with van der Waals surface area (Å²) in [5.74, 6) is 1.66. The molecule has 0 unspecified atom stereocenters. The van der Waals surface area contributed by atoms with Crippen LogP contribution in [-0.2, 0) is 4.74 Å². The van der Waals surface area contributed by atoms with Gasteiger partial charge in [0.2, 0.25) is 0 Å². The normalized spacial score (nSPS) is 22.1. The van der Waals surface area contributed by atoms with Gasteiger partial charge in [0.05, 0.1) is 17.3 Å². The molecule has 6 nitrogen and oxygen atoms in total. The van der Waals surface area contributed by atoms with Crippen molar-refractivity contribution in [3.8, 4) is 11.3 Å². The zero-order chi connectivity index (χ0) is 22.2. The fraction of sp³-hybridized carbons (Fsp3) is 0.667. The highest BCUT2D eigenvalue weighted by atomic mass is 35.5. The zero-order valence-electron chi connectivity index (χ0n) is 19.0. The van der Waals surface area contributed by atoms with E-state index in [4.69, 9.17) is 21.3 Å². The first-order valence-electron chi connectivity index (χ1n) is 12.1. The van der Waals surface area contributed by atoms with Gasteiger partial charge in [-0.15, -0.1) is 11.3 Å². The SMILES string of the molecule is COCCNC1CCC(Nc2cc(-c3csc(NCC4CCCCC4)n3)c(Cl)cn2)CC1. The summed E-state index contributed by atoms with van der Waals surface area (Å²) in [6, 6.07) is 3.08. The van der Waals surface area contributed by atoms with Gasteiger partial charge in [0.1, 0.15) is 5.82 Å². The number of methoxy groups -OCH3 is 1. The van der Waals surface area contributed by atoms with Gasteiger partial charge in [0, 0.05) is 49.4 Å². The molecule has 0 saturated heterocycles. The molecule has 8 heteroatoms. The number of nitrogens with zero attached hydrogens (tertiary/aromatic N) is 2. The molecule has 2 aliphatic carbocycles. The number of ether oxygens (including phenoxy) is 1. The predicted molar refractivity (Wildman–Crippen MR) is 135 cm³/mol. The smallest absolute Gasteiger partial charge is 0.183 e. The van der Waals surface area contributed by atoms with E-state index < -0.39 is 0 Å². The van der Waals surface area contributed by atoms with Crippen LogP contribution in [0.2, 0.25) is 5.02 Å². The highest BCUT2D eigenvalue weighted by Gasteiger charge is 2.21. The van der Waals surface area contributed by atoms with E-state index in [0.717, 1.165) is 60.7 Å². The number of hydrogen-bond acceptors (Lipinski definition) is 7. The summed E-state index contributed by atoms with van der Waals surface area (Å²) in [6.45, 7) is 2.71. The van der Waals surface area contributed by atoms with E-state index in [1.165, 1.54) is 44.9 Å². The number of rotatable bonds is 10. The minimum atomic E-state index is 0.445. The van der Waals surface area contributed by atoms with E-state index in [9.17, 15) is 0 Å². The molecule has 0 bridgehead atoms. The van der Waals surface area contributed by atoms with Crippen LogP contribution in [-0.4, -0.2) is 48.9 Å². The van der Waals surface area contributed by atoms with Gasteiger partial charge in [-0.1, -0.05) is 30.9 Å². The Morgan fingerprint density at radius 1 is 1.09 bits per heavy atom. The van der Waals surface area contributed by atoms with E-state index >= 15 is 0 Å². The van der Waals surface area contributed by atoms with Crippen LogP contribution in [0.5, 0.6) is 0 Å². The molecule has 2 heterocycles. The van der Waals surface area contributed by atoms with Crippen LogP contribution in [0, 0.1) is 5.92 Å². The molecule has 0 aliphatic heterocycles. The summed E-state index contributed by atoms with van der Waals surface area (Å²) >= 11 is 8.15. The molecule has 2 aliphatic rings. The lowest BCUT2D eigenvalue weighted by Crippen LogP contribution is -2.38. The van der Waals surface area contributed by atoms with E-state index in [1.54, 1.807) is 24.6 Å². The number of nitrogens with one attached hydrogen (secondary N) is 3. The first-order chi connectivity index (χ1) is 15.7. The molecule has 0 aromatic carbocycles. The Balaban J connectivity index is 1.31. The van der Waals surface area contributed by atoms with Crippen molar-refractivity contribution < 1.29 is 4.74 Å². The molecule has 32 heavy (non-hydrogen) atoms. The van der Waals surface area contributed by atoms with Gasteiger partial charge in [-0.05, 0) is 50.5 Å². The number of hydrogen-bond donors (Lipinski definition) is 3. The molecule has 0 amide bonds. The summed E-state index contributed by atoms with van der Waals surface area (Å²) in [7, 11) is 1.75. The van der Waals surface area contributed by atoms with Gasteiger partial charge in [-0.2, -0.15) is 0 Å². The summed E-state index contributed by atoms with van der Waals surface area (Å²) < 4.78 is 5.13. The van der Waals surface area contributed by atoms with Crippen molar-refractivity contribution in [1.82, 2.24) is 15.3 Å². The standard InChI is InChI=1S/C24H36ClN5OS/c1-31-12-11-26-18-7-9-19(10-8-18)29-23-13-20(21(25)15-27-23)22-16-32-24(30-22)28-14-17-5-3-2-4-6-17/h13,15-19,26H,2-12,14H2,1H3,(H,27,29)(H,28,30). The summed E-state index contributed by atoms with van der Waals surface area (Å²) in [6.07, 6.45) is 13.1. The van der Waals surface area contributed by atoms with Crippen LogP contribution in [0.15, 0.2) is 17.6 Å². The summed E-state index contributed by atoms with van der Waals surface area (Å²) in [5, 5.41) is 14.5. The molecule has 0 spiro atoms. The Hall–Kier alpha value is -1.41. The Morgan fingerprint density at radius 3 is 2.66 bits per heavy atom. The molecule has 2 fully saturated rings. The number of thiazole rings is 1. The highest BCUT2D eigenvalue weighted by Crippen LogP contribution is 2.33. The van der Waals surface area contributed by atoms with Crippen molar-refractivity contribution in [2.24, 2.45) is 5.92 Å². The number of pyridine rings is 1. The molecule has 2 saturated carbocycles. The fourth-order valence-corrected chi connectivity index (χ4v) is 5.75. The molecule has 0 radical (unpaired) electrons. The second kappa shape index (κ2) is 12.2. The van der Waals surface area contributed by atoms with Crippen LogP contribution < -0.4 is 16.0 Å². The maximum absolute atomic E-state index is 6.50. The maximum Gasteiger partial charge on any atom is 0.183 e. The van der Waals surface area contributed by atoms with Gasteiger partial charge in [0.25, 0.3) is 0 Å². The molecule has 2 aromatic heterocycles. The van der Waals surface area contributed by atoms with Crippen LogP contribution >= 0.6 is 22.9 Å². The first kappa shape index (κ1) is 23.7. The average molecular weight is 478 g/mol.